The summed E-state index contributed by atoms with van der Waals surface area (Å²) in [5.74, 6) is -1.04. The minimum atomic E-state index is -4.47. The van der Waals surface area contributed by atoms with Crippen LogP contribution < -0.4 is 10.1 Å². The molecule has 22 heavy (non-hydrogen) atoms. The van der Waals surface area contributed by atoms with Crippen LogP contribution in [0.4, 0.5) is 10.1 Å². The van der Waals surface area contributed by atoms with Crippen LogP contribution in [0.15, 0.2) is 48.5 Å². The molecule has 0 amide bonds. The average Bonchev–Trinajstić information content (AvgIpc) is 2.47. The molecule has 7 heteroatoms. The van der Waals surface area contributed by atoms with Gasteiger partial charge in [-0.2, -0.15) is 0 Å². The lowest BCUT2D eigenvalue weighted by molar-refractivity contribution is 0.340. The molecule has 0 saturated carbocycles. The quantitative estimate of drug-likeness (QED) is 0.708. The third-order valence-corrected chi connectivity index (χ3v) is 4.09. The number of halogens is 1. The van der Waals surface area contributed by atoms with Crippen LogP contribution in [0, 0.1) is 5.82 Å². The molecule has 0 aliphatic rings. The van der Waals surface area contributed by atoms with Crippen LogP contribution in [0.5, 0.6) is 5.75 Å². The SMILES string of the molecule is CCOc1ccc(NC(c2ccc(F)cc2)P(=O)(O)O)cc1. The molecule has 0 aliphatic carbocycles. The molecule has 0 fully saturated rings. The lowest BCUT2D eigenvalue weighted by Crippen LogP contribution is -2.11. The van der Waals surface area contributed by atoms with E-state index in [1.807, 2.05) is 6.92 Å². The first-order valence-electron chi connectivity index (χ1n) is 6.70. The van der Waals surface area contributed by atoms with E-state index in [1.165, 1.54) is 12.1 Å². The van der Waals surface area contributed by atoms with Gasteiger partial charge in [-0.1, -0.05) is 12.1 Å². The maximum Gasteiger partial charge on any atom is 0.352 e. The largest absolute Gasteiger partial charge is 0.494 e. The number of nitrogens with one attached hydrogen (secondary N) is 1. The summed E-state index contributed by atoms with van der Waals surface area (Å²) in [4.78, 5) is 19.1. The van der Waals surface area contributed by atoms with Crippen molar-refractivity contribution in [2.45, 2.75) is 12.7 Å². The molecule has 2 aromatic carbocycles. The van der Waals surface area contributed by atoms with Crippen molar-refractivity contribution in [3.05, 3.63) is 59.9 Å². The monoisotopic (exact) mass is 325 g/mol. The lowest BCUT2D eigenvalue weighted by atomic mass is 10.2. The molecule has 1 atom stereocenters. The van der Waals surface area contributed by atoms with Crippen LogP contribution in [0.1, 0.15) is 18.3 Å². The molecular weight excluding hydrogens is 308 g/mol. The van der Waals surface area contributed by atoms with E-state index in [-0.39, 0.29) is 0 Å². The van der Waals surface area contributed by atoms with Crippen LogP contribution >= 0.6 is 7.60 Å². The summed E-state index contributed by atoms with van der Waals surface area (Å²) in [6.45, 7) is 2.40. The summed E-state index contributed by atoms with van der Waals surface area (Å²) in [6, 6.07) is 11.8. The summed E-state index contributed by atoms with van der Waals surface area (Å²) in [5.41, 5.74) is 0.838. The van der Waals surface area contributed by atoms with Crippen molar-refractivity contribution in [1.29, 1.82) is 0 Å². The number of anilines is 1. The minimum absolute atomic E-state index is 0.309. The normalized spacial score (nSPS) is 12.7. The molecule has 0 bridgehead atoms. The van der Waals surface area contributed by atoms with Gasteiger partial charge in [0.25, 0.3) is 0 Å². The van der Waals surface area contributed by atoms with Gasteiger partial charge in [0, 0.05) is 5.69 Å². The van der Waals surface area contributed by atoms with Crippen LogP contribution in [-0.2, 0) is 4.57 Å². The lowest BCUT2D eigenvalue weighted by Gasteiger charge is -2.21. The summed E-state index contributed by atoms with van der Waals surface area (Å²) in [6.07, 6.45) is 0. The molecule has 2 rings (SSSR count). The fraction of sp³-hybridized carbons (Fsp3) is 0.200. The fourth-order valence-electron chi connectivity index (χ4n) is 1.98. The van der Waals surface area contributed by atoms with Crippen molar-refractivity contribution >= 4 is 13.3 Å². The van der Waals surface area contributed by atoms with Crippen LogP contribution in [0.3, 0.4) is 0 Å². The molecule has 0 aliphatic heterocycles. The molecule has 0 spiro atoms. The zero-order valence-electron chi connectivity index (χ0n) is 11.9. The molecule has 2 aromatic rings. The van der Waals surface area contributed by atoms with Crippen molar-refractivity contribution in [2.75, 3.05) is 11.9 Å². The van der Waals surface area contributed by atoms with Gasteiger partial charge in [0.2, 0.25) is 0 Å². The molecular formula is C15H17FNO4P. The van der Waals surface area contributed by atoms with Crippen LogP contribution in [0.2, 0.25) is 0 Å². The van der Waals surface area contributed by atoms with Gasteiger partial charge in [0.1, 0.15) is 11.6 Å². The van der Waals surface area contributed by atoms with Crippen molar-refractivity contribution in [3.63, 3.8) is 0 Å². The average molecular weight is 325 g/mol. The molecule has 118 valence electrons. The third-order valence-electron chi connectivity index (χ3n) is 2.99. The summed E-state index contributed by atoms with van der Waals surface area (Å²) >= 11 is 0. The van der Waals surface area contributed by atoms with E-state index in [4.69, 9.17) is 4.74 Å². The van der Waals surface area contributed by atoms with E-state index < -0.39 is 19.2 Å². The third kappa shape index (κ3) is 4.31. The van der Waals surface area contributed by atoms with Gasteiger partial charge in [-0.05, 0) is 48.9 Å². The first kappa shape index (κ1) is 16.5. The van der Waals surface area contributed by atoms with E-state index >= 15 is 0 Å². The molecule has 0 aromatic heterocycles. The van der Waals surface area contributed by atoms with E-state index in [0.717, 1.165) is 12.1 Å². The molecule has 5 nitrogen and oxygen atoms in total. The van der Waals surface area contributed by atoms with E-state index in [1.54, 1.807) is 24.3 Å². The highest BCUT2D eigenvalue weighted by atomic mass is 31.2. The summed E-state index contributed by atoms with van der Waals surface area (Å²) in [5, 5.41) is 2.78. The fourth-order valence-corrected chi connectivity index (χ4v) is 2.86. The maximum absolute atomic E-state index is 13.0. The standard InChI is InChI=1S/C15H17FNO4P/c1-2-21-14-9-7-13(8-10-14)17-15(22(18,19)20)11-3-5-12(16)6-4-11/h3-10,15,17H,2H2,1H3,(H2,18,19,20). The minimum Gasteiger partial charge on any atom is -0.494 e. The Morgan fingerprint density at radius 2 is 1.73 bits per heavy atom. The highest BCUT2D eigenvalue weighted by Crippen LogP contribution is 2.51. The second kappa shape index (κ2) is 6.92. The first-order chi connectivity index (χ1) is 10.4. The second-order valence-corrected chi connectivity index (χ2v) is 6.34. The predicted octanol–water partition coefficient (Wildman–Crippen LogP) is 3.51. The van der Waals surface area contributed by atoms with Crippen molar-refractivity contribution in [2.24, 2.45) is 0 Å². The zero-order chi connectivity index (χ0) is 16.2. The first-order valence-corrected chi connectivity index (χ1v) is 8.38. The Kier molecular flexibility index (Phi) is 5.19. The van der Waals surface area contributed by atoms with Crippen molar-refractivity contribution in [1.82, 2.24) is 0 Å². The van der Waals surface area contributed by atoms with Crippen LogP contribution in [-0.4, -0.2) is 16.4 Å². The molecule has 0 radical (unpaired) electrons. The number of hydrogen-bond acceptors (Lipinski definition) is 3. The van der Waals surface area contributed by atoms with Crippen molar-refractivity contribution in [3.8, 4) is 5.75 Å². The Hall–Kier alpha value is -1.88. The number of hydrogen-bond donors (Lipinski definition) is 3. The number of ether oxygens (including phenoxy) is 1. The van der Waals surface area contributed by atoms with Gasteiger partial charge < -0.3 is 19.8 Å². The van der Waals surface area contributed by atoms with E-state index in [0.29, 0.717) is 23.6 Å². The maximum atomic E-state index is 13.0. The topological polar surface area (TPSA) is 78.8 Å². The smallest absolute Gasteiger partial charge is 0.352 e. The Morgan fingerprint density at radius 3 is 2.23 bits per heavy atom. The van der Waals surface area contributed by atoms with E-state index in [9.17, 15) is 18.7 Å². The van der Waals surface area contributed by atoms with Gasteiger partial charge in [-0.3, -0.25) is 4.57 Å². The van der Waals surface area contributed by atoms with Gasteiger partial charge in [0.15, 0.2) is 5.78 Å². The highest BCUT2D eigenvalue weighted by Gasteiger charge is 2.30. The Labute approximate surface area is 127 Å². The van der Waals surface area contributed by atoms with Crippen LogP contribution in [0.25, 0.3) is 0 Å². The number of rotatable bonds is 6. The summed E-state index contributed by atoms with van der Waals surface area (Å²) in [7, 11) is -4.47. The summed E-state index contributed by atoms with van der Waals surface area (Å²) < 4.78 is 30.0. The Morgan fingerprint density at radius 1 is 1.14 bits per heavy atom. The number of benzene rings is 2. The van der Waals surface area contributed by atoms with Gasteiger partial charge in [0.05, 0.1) is 6.61 Å². The van der Waals surface area contributed by atoms with Gasteiger partial charge in [-0.15, -0.1) is 0 Å². The molecule has 0 heterocycles. The predicted molar refractivity (Wildman–Crippen MR) is 82.4 cm³/mol. The highest BCUT2D eigenvalue weighted by molar-refractivity contribution is 7.52. The second-order valence-electron chi connectivity index (χ2n) is 4.64. The Balaban J connectivity index is 2.24. The Bertz CT molecular complexity index is 654. The van der Waals surface area contributed by atoms with Gasteiger partial charge in [-0.25, -0.2) is 4.39 Å². The molecule has 0 saturated heterocycles. The van der Waals surface area contributed by atoms with E-state index in [2.05, 4.69) is 5.32 Å². The van der Waals surface area contributed by atoms with Gasteiger partial charge >= 0.3 is 7.60 Å². The van der Waals surface area contributed by atoms with Crippen molar-refractivity contribution < 1.29 is 23.5 Å². The zero-order valence-corrected chi connectivity index (χ0v) is 12.8. The molecule has 1 unspecified atom stereocenters. The molecule has 3 N–H and O–H groups in total.